The van der Waals surface area contributed by atoms with Crippen molar-refractivity contribution in [1.82, 2.24) is 5.32 Å². The second-order valence-electron chi connectivity index (χ2n) is 3.94. The average Bonchev–Trinajstić information content (AvgIpc) is 2.46. The lowest BCUT2D eigenvalue weighted by molar-refractivity contribution is 0.528. The molecule has 1 N–H and O–H groups in total. The fraction of sp³-hybridized carbons (Fsp3) is 0.455. The van der Waals surface area contributed by atoms with Crippen molar-refractivity contribution in [2.75, 3.05) is 7.05 Å². The molecule has 0 aliphatic carbocycles. The lowest BCUT2D eigenvalue weighted by Crippen LogP contribution is -2.28. The lowest BCUT2D eigenvalue weighted by Gasteiger charge is -2.16. The normalized spacial score (nSPS) is 26.7. The fourth-order valence-corrected chi connectivity index (χ4v) is 4.56. The second-order valence-corrected chi connectivity index (χ2v) is 6.08. The molecule has 16 heavy (non-hydrogen) atoms. The van der Waals surface area contributed by atoms with E-state index >= 15 is 0 Å². The first-order valence-corrected chi connectivity index (χ1v) is 6.77. The van der Waals surface area contributed by atoms with Gasteiger partial charge in [-0.25, -0.2) is 12.8 Å². The zero-order valence-electron chi connectivity index (χ0n) is 9.20. The smallest absolute Gasteiger partial charge is 0.183 e. The van der Waals surface area contributed by atoms with Crippen LogP contribution in [0.2, 0.25) is 0 Å². The molecular weight excluding hydrogens is 229 g/mol. The first-order valence-electron chi connectivity index (χ1n) is 5.23. The van der Waals surface area contributed by atoms with Gasteiger partial charge in [0.1, 0.15) is 5.82 Å². The largest absolute Gasteiger partial charge is 0.312 e. The summed E-state index contributed by atoms with van der Waals surface area (Å²) in [5, 5.41) is 2.50. The quantitative estimate of drug-likeness (QED) is 0.859. The van der Waals surface area contributed by atoms with Gasteiger partial charge in [-0.05, 0) is 31.2 Å². The van der Waals surface area contributed by atoms with Gasteiger partial charge < -0.3 is 5.32 Å². The Kier molecular flexibility index (Phi) is 2.75. The molecule has 0 bridgehead atoms. The number of halogens is 1. The van der Waals surface area contributed by atoms with Gasteiger partial charge in [0, 0.05) is 0 Å². The third kappa shape index (κ3) is 1.46. The van der Waals surface area contributed by atoms with Crippen LogP contribution in [0.4, 0.5) is 4.39 Å². The molecule has 88 valence electrons. The Morgan fingerprint density at radius 3 is 2.69 bits per heavy atom. The Balaban J connectivity index is 2.67. The maximum absolute atomic E-state index is 13.1. The molecule has 1 aromatic carbocycles. The molecule has 2 rings (SSSR count). The van der Waals surface area contributed by atoms with Gasteiger partial charge in [-0.1, -0.05) is 13.0 Å². The van der Waals surface area contributed by atoms with Crippen LogP contribution in [0, 0.1) is 5.82 Å². The molecular formula is C11H14FNO2S. The summed E-state index contributed by atoms with van der Waals surface area (Å²) < 4.78 is 37.3. The van der Waals surface area contributed by atoms with E-state index in [0.717, 1.165) is 6.07 Å². The molecule has 0 fully saturated rings. The Morgan fingerprint density at radius 2 is 2.12 bits per heavy atom. The summed E-state index contributed by atoms with van der Waals surface area (Å²) in [6, 6.07) is 3.74. The molecule has 3 nitrogen and oxygen atoms in total. The van der Waals surface area contributed by atoms with Crippen LogP contribution in [0.15, 0.2) is 23.1 Å². The Hall–Kier alpha value is -0.940. The fourth-order valence-electron chi connectivity index (χ4n) is 2.35. The summed E-state index contributed by atoms with van der Waals surface area (Å²) in [5.74, 6) is -0.506. The summed E-state index contributed by atoms with van der Waals surface area (Å²) >= 11 is 0. The van der Waals surface area contributed by atoms with E-state index in [0.29, 0.717) is 12.0 Å². The van der Waals surface area contributed by atoms with Gasteiger partial charge in [-0.3, -0.25) is 0 Å². The molecule has 0 amide bonds. The third-order valence-corrected chi connectivity index (χ3v) is 5.47. The van der Waals surface area contributed by atoms with E-state index in [1.165, 1.54) is 6.07 Å². The molecule has 0 spiro atoms. The summed E-state index contributed by atoms with van der Waals surface area (Å²) in [5.41, 5.74) is 0.677. The van der Waals surface area contributed by atoms with E-state index in [1.807, 2.05) is 6.92 Å². The minimum absolute atomic E-state index is 0.138. The number of fused-ring (bicyclic) bond motifs is 1. The molecule has 1 heterocycles. The summed E-state index contributed by atoms with van der Waals surface area (Å²) in [6.45, 7) is 1.83. The summed E-state index contributed by atoms with van der Waals surface area (Å²) in [7, 11) is -1.66. The monoisotopic (exact) mass is 243 g/mol. The van der Waals surface area contributed by atoms with Crippen LogP contribution in [-0.2, 0) is 9.84 Å². The number of rotatable bonds is 2. The van der Waals surface area contributed by atoms with Crippen molar-refractivity contribution in [2.24, 2.45) is 0 Å². The number of benzene rings is 1. The van der Waals surface area contributed by atoms with Crippen molar-refractivity contribution < 1.29 is 12.8 Å². The minimum Gasteiger partial charge on any atom is -0.312 e. The molecule has 1 aromatic rings. The SMILES string of the molecule is CCC1C(NC)c2ccc(F)cc2S1(=O)=O. The molecule has 0 saturated carbocycles. The lowest BCUT2D eigenvalue weighted by atomic mass is 10.0. The van der Waals surface area contributed by atoms with Crippen molar-refractivity contribution in [3.63, 3.8) is 0 Å². The van der Waals surface area contributed by atoms with Crippen LogP contribution >= 0.6 is 0 Å². The van der Waals surface area contributed by atoms with Crippen LogP contribution in [0.3, 0.4) is 0 Å². The van der Waals surface area contributed by atoms with Crippen molar-refractivity contribution >= 4 is 9.84 Å². The highest BCUT2D eigenvalue weighted by Crippen LogP contribution is 2.40. The van der Waals surface area contributed by atoms with Crippen molar-refractivity contribution in [3.05, 3.63) is 29.6 Å². The molecule has 0 radical (unpaired) electrons. The molecule has 2 unspecified atom stereocenters. The molecule has 0 saturated heterocycles. The zero-order chi connectivity index (χ0) is 11.9. The topological polar surface area (TPSA) is 46.2 Å². The maximum atomic E-state index is 13.1. The van der Waals surface area contributed by atoms with E-state index < -0.39 is 20.9 Å². The maximum Gasteiger partial charge on any atom is 0.183 e. The van der Waals surface area contributed by atoms with Crippen LogP contribution in [-0.4, -0.2) is 20.7 Å². The van der Waals surface area contributed by atoms with Crippen molar-refractivity contribution in [3.8, 4) is 0 Å². The summed E-state index contributed by atoms with van der Waals surface area (Å²) in [4.78, 5) is 0.138. The average molecular weight is 243 g/mol. The highest BCUT2D eigenvalue weighted by molar-refractivity contribution is 7.92. The minimum atomic E-state index is -3.38. The van der Waals surface area contributed by atoms with Gasteiger partial charge in [0.05, 0.1) is 16.2 Å². The Bertz CT molecular complexity index is 513. The first kappa shape index (κ1) is 11.5. The third-order valence-electron chi connectivity index (χ3n) is 3.10. The van der Waals surface area contributed by atoms with E-state index in [4.69, 9.17) is 0 Å². The second kappa shape index (κ2) is 3.82. The van der Waals surface area contributed by atoms with E-state index in [-0.39, 0.29) is 10.9 Å². The highest BCUT2D eigenvalue weighted by Gasteiger charge is 2.43. The highest BCUT2D eigenvalue weighted by atomic mass is 32.2. The number of hydrogen-bond acceptors (Lipinski definition) is 3. The molecule has 1 aliphatic rings. The molecule has 1 aliphatic heterocycles. The van der Waals surface area contributed by atoms with Crippen LogP contribution in [0.1, 0.15) is 24.9 Å². The van der Waals surface area contributed by atoms with E-state index in [1.54, 1.807) is 13.1 Å². The van der Waals surface area contributed by atoms with Crippen LogP contribution in [0.5, 0.6) is 0 Å². The van der Waals surface area contributed by atoms with Gasteiger partial charge in [-0.2, -0.15) is 0 Å². The molecule has 0 aromatic heterocycles. The number of hydrogen-bond donors (Lipinski definition) is 1. The van der Waals surface area contributed by atoms with E-state index in [9.17, 15) is 12.8 Å². The van der Waals surface area contributed by atoms with Gasteiger partial charge >= 0.3 is 0 Å². The van der Waals surface area contributed by atoms with Crippen molar-refractivity contribution in [1.29, 1.82) is 0 Å². The van der Waals surface area contributed by atoms with Gasteiger partial charge in [0.25, 0.3) is 0 Å². The Labute approximate surface area is 94.6 Å². The molecule has 5 heteroatoms. The van der Waals surface area contributed by atoms with Gasteiger partial charge in [0.15, 0.2) is 9.84 Å². The van der Waals surface area contributed by atoms with E-state index in [2.05, 4.69) is 5.32 Å². The predicted molar refractivity (Wildman–Crippen MR) is 59.5 cm³/mol. The van der Waals surface area contributed by atoms with Crippen molar-refractivity contribution in [2.45, 2.75) is 29.5 Å². The number of nitrogens with one attached hydrogen (secondary N) is 1. The van der Waals surface area contributed by atoms with Gasteiger partial charge in [0.2, 0.25) is 0 Å². The first-order chi connectivity index (χ1) is 7.52. The summed E-state index contributed by atoms with van der Waals surface area (Å²) in [6.07, 6.45) is 0.518. The standard InChI is InChI=1S/C11H14FNO2S/c1-3-9-11(13-2)8-5-4-7(12)6-10(8)16(9,14)15/h4-6,9,11,13H,3H2,1-2H3. The number of sulfone groups is 1. The zero-order valence-corrected chi connectivity index (χ0v) is 10.0. The Morgan fingerprint density at radius 1 is 1.44 bits per heavy atom. The predicted octanol–water partition coefficient (Wildman–Crippen LogP) is 1.65. The van der Waals surface area contributed by atoms with Crippen LogP contribution < -0.4 is 5.32 Å². The molecule has 2 atom stereocenters. The van der Waals surface area contributed by atoms with Gasteiger partial charge in [-0.15, -0.1) is 0 Å². The van der Waals surface area contributed by atoms with Crippen LogP contribution in [0.25, 0.3) is 0 Å².